The fourth-order valence-electron chi connectivity index (χ4n) is 2.76. The first kappa shape index (κ1) is 12.6. The summed E-state index contributed by atoms with van der Waals surface area (Å²) in [6.07, 6.45) is 4.19. The molecule has 0 saturated carbocycles. The number of fused-ring (bicyclic) bond motifs is 1. The largest absolute Gasteiger partial charge is 0.309 e. The van der Waals surface area contributed by atoms with Crippen molar-refractivity contribution >= 4 is 5.65 Å². The van der Waals surface area contributed by atoms with Gasteiger partial charge in [0.15, 0.2) is 0 Å². The van der Waals surface area contributed by atoms with Crippen LogP contribution in [0.4, 0.5) is 0 Å². The first-order valence-corrected chi connectivity index (χ1v) is 6.95. The number of pyridine rings is 1. The Bertz CT molecular complexity index is 539. The van der Waals surface area contributed by atoms with Crippen LogP contribution in [0.25, 0.3) is 5.65 Å². The normalized spacial score (nSPS) is 23.8. The molecule has 1 aliphatic heterocycles. The molecule has 102 valence electrons. The molecular formula is C15H22N4. The van der Waals surface area contributed by atoms with Gasteiger partial charge in [-0.15, -0.1) is 0 Å². The van der Waals surface area contributed by atoms with Gasteiger partial charge in [0.25, 0.3) is 0 Å². The van der Waals surface area contributed by atoms with E-state index in [1.165, 1.54) is 0 Å². The maximum absolute atomic E-state index is 4.69. The van der Waals surface area contributed by atoms with Gasteiger partial charge in [0.1, 0.15) is 5.65 Å². The lowest BCUT2D eigenvalue weighted by molar-refractivity contribution is 0.0967. The van der Waals surface area contributed by atoms with E-state index in [2.05, 4.69) is 58.8 Å². The molecule has 2 aromatic rings. The molecule has 1 unspecified atom stereocenters. The monoisotopic (exact) mass is 258 g/mol. The fraction of sp³-hybridized carbons (Fsp3) is 0.533. The van der Waals surface area contributed by atoms with Gasteiger partial charge in [-0.3, -0.25) is 4.90 Å². The Morgan fingerprint density at radius 3 is 3.05 bits per heavy atom. The average Bonchev–Trinajstić information content (AvgIpc) is 2.76. The zero-order chi connectivity index (χ0) is 13.5. The molecule has 4 heteroatoms. The third kappa shape index (κ3) is 2.65. The van der Waals surface area contributed by atoms with Crippen LogP contribution in [-0.2, 0) is 6.54 Å². The number of imidazole rings is 1. The van der Waals surface area contributed by atoms with Crippen LogP contribution in [0.2, 0.25) is 0 Å². The highest BCUT2D eigenvalue weighted by atomic mass is 15.2. The van der Waals surface area contributed by atoms with Crippen molar-refractivity contribution < 1.29 is 0 Å². The Hall–Kier alpha value is -1.39. The van der Waals surface area contributed by atoms with Crippen molar-refractivity contribution in [3.05, 3.63) is 36.3 Å². The number of piperazine rings is 1. The maximum Gasteiger partial charge on any atom is 0.137 e. The van der Waals surface area contributed by atoms with Crippen LogP contribution in [0.15, 0.2) is 30.6 Å². The zero-order valence-corrected chi connectivity index (χ0v) is 11.9. The Balaban J connectivity index is 1.79. The highest BCUT2D eigenvalue weighted by molar-refractivity contribution is 5.39. The van der Waals surface area contributed by atoms with Crippen LogP contribution in [0.3, 0.4) is 0 Å². The summed E-state index contributed by atoms with van der Waals surface area (Å²) in [5.74, 6) is 0. The van der Waals surface area contributed by atoms with Crippen molar-refractivity contribution in [2.24, 2.45) is 0 Å². The molecule has 1 N–H and O–H groups in total. The lowest BCUT2D eigenvalue weighted by atomic mass is 9.99. The molecule has 1 aliphatic rings. The second kappa shape index (κ2) is 4.62. The Labute approximate surface area is 114 Å². The number of nitrogens with one attached hydrogen (secondary N) is 1. The van der Waals surface area contributed by atoms with E-state index in [1.54, 1.807) is 0 Å². The summed E-state index contributed by atoms with van der Waals surface area (Å²) in [5, 5.41) is 3.58. The summed E-state index contributed by atoms with van der Waals surface area (Å²) in [6.45, 7) is 9.82. The molecule has 3 heterocycles. The summed E-state index contributed by atoms with van der Waals surface area (Å²) in [7, 11) is 0. The van der Waals surface area contributed by atoms with E-state index in [0.29, 0.717) is 6.04 Å². The Kier molecular flexibility index (Phi) is 3.07. The van der Waals surface area contributed by atoms with Gasteiger partial charge in [-0.1, -0.05) is 6.07 Å². The van der Waals surface area contributed by atoms with E-state index in [-0.39, 0.29) is 5.54 Å². The maximum atomic E-state index is 4.69. The van der Waals surface area contributed by atoms with E-state index >= 15 is 0 Å². The number of hydrogen-bond donors (Lipinski definition) is 1. The van der Waals surface area contributed by atoms with Crippen LogP contribution >= 0.6 is 0 Å². The predicted molar refractivity (Wildman–Crippen MR) is 77.1 cm³/mol. The van der Waals surface area contributed by atoms with Gasteiger partial charge in [0, 0.05) is 43.6 Å². The van der Waals surface area contributed by atoms with Crippen LogP contribution in [0.1, 0.15) is 26.5 Å². The van der Waals surface area contributed by atoms with E-state index in [4.69, 9.17) is 0 Å². The van der Waals surface area contributed by atoms with Crippen LogP contribution in [0, 0.1) is 0 Å². The first-order valence-electron chi connectivity index (χ1n) is 6.95. The van der Waals surface area contributed by atoms with Crippen molar-refractivity contribution in [2.75, 3.05) is 13.1 Å². The molecule has 0 amide bonds. The summed E-state index contributed by atoms with van der Waals surface area (Å²) >= 11 is 0. The third-order valence-electron chi connectivity index (χ3n) is 3.88. The van der Waals surface area contributed by atoms with Crippen molar-refractivity contribution in [2.45, 2.75) is 38.9 Å². The molecule has 0 aromatic carbocycles. The van der Waals surface area contributed by atoms with E-state index in [0.717, 1.165) is 31.0 Å². The van der Waals surface area contributed by atoms with Crippen molar-refractivity contribution in [3.8, 4) is 0 Å². The SMILES string of the molecule is CC1CNC(C)(C)CN1Cc1cn2ccccc2n1. The van der Waals surface area contributed by atoms with E-state index < -0.39 is 0 Å². The molecule has 1 saturated heterocycles. The van der Waals surface area contributed by atoms with Gasteiger partial charge in [-0.05, 0) is 32.9 Å². The molecule has 1 atom stereocenters. The zero-order valence-electron chi connectivity index (χ0n) is 11.9. The topological polar surface area (TPSA) is 32.6 Å². The Morgan fingerprint density at radius 1 is 1.42 bits per heavy atom. The molecule has 0 spiro atoms. The van der Waals surface area contributed by atoms with Gasteiger partial charge < -0.3 is 9.72 Å². The van der Waals surface area contributed by atoms with Crippen LogP contribution in [-0.4, -0.2) is 39.0 Å². The lowest BCUT2D eigenvalue weighted by Crippen LogP contribution is -2.60. The van der Waals surface area contributed by atoms with Crippen molar-refractivity contribution in [1.29, 1.82) is 0 Å². The van der Waals surface area contributed by atoms with Gasteiger partial charge in [0.05, 0.1) is 5.69 Å². The number of nitrogens with zero attached hydrogens (tertiary/aromatic N) is 3. The molecule has 0 radical (unpaired) electrons. The molecule has 4 nitrogen and oxygen atoms in total. The average molecular weight is 258 g/mol. The lowest BCUT2D eigenvalue weighted by Gasteiger charge is -2.43. The highest BCUT2D eigenvalue weighted by Crippen LogP contribution is 2.17. The minimum absolute atomic E-state index is 0.186. The Morgan fingerprint density at radius 2 is 2.26 bits per heavy atom. The smallest absolute Gasteiger partial charge is 0.137 e. The molecule has 0 aliphatic carbocycles. The molecule has 0 bridgehead atoms. The van der Waals surface area contributed by atoms with Crippen molar-refractivity contribution in [1.82, 2.24) is 19.6 Å². The van der Waals surface area contributed by atoms with E-state index in [1.807, 2.05) is 12.1 Å². The second-order valence-corrected chi connectivity index (χ2v) is 6.22. The number of aromatic nitrogens is 2. The van der Waals surface area contributed by atoms with Crippen molar-refractivity contribution in [3.63, 3.8) is 0 Å². The standard InChI is InChI=1S/C15H22N4/c1-12-8-16-15(2,3)11-19(12)10-13-9-18-7-5-4-6-14(18)17-13/h4-7,9,12,16H,8,10-11H2,1-3H3. The van der Waals surface area contributed by atoms with Crippen LogP contribution < -0.4 is 5.32 Å². The summed E-state index contributed by atoms with van der Waals surface area (Å²) < 4.78 is 2.09. The van der Waals surface area contributed by atoms with E-state index in [9.17, 15) is 0 Å². The summed E-state index contributed by atoms with van der Waals surface area (Å²) in [5.41, 5.74) is 2.36. The minimum Gasteiger partial charge on any atom is -0.309 e. The number of rotatable bonds is 2. The van der Waals surface area contributed by atoms with Gasteiger partial charge in [0.2, 0.25) is 0 Å². The molecule has 2 aromatic heterocycles. The first-order chi connectivity index (χ1) is 9.03. The molecule has 19 heavy (non-hydrogen) atoms. The van der Waals surface area contributed by atoms with Gasteiger partial charge >= 0.3 is 0 Å². The molecule has 3 rings (SSSR count). The third-order valence-corrected chi connectivity index (χ3v) is 3.88. The quantitative estimate of drug-likeness (QED) is 0.893. The molecule has 1 fully saturated rings. The van der Waals surface area contributed by atoms with Gasteiger partial charge in [-0.2, -0.15) is 0 Å². The van der Waals surface area contributed by atoms with Gasteiger partial charge in [-0.25, -0.2) is 4.98 Å². The fourth-order valence-corrected chi connectivity index (χ4v) is 2.76. The molecular weight excluding hydrogens is 236 g/mol. The van der Waals surface area contributed by atoms with Crippen LogP contribution in [0.5, 0.6) is 0 Å². The minimum atomic E-state index is 0.186. The second-order valence-electron chi connectivity index (χ2n) is 6.22. The summed E-state index contributed by atoms with van der Waals surface area (Å²) in [4.78, 5) is 7.20. The number of hydrogen-bond acceptors (Lipinski definition) is 3. The highest BCUT2D eigenvalue weighted by Gasteiger charge is 2.30. The summed E-state index contributed by atoms with van der Waals surface area (Å²) in [6, 6.07) is 6.67. The predicted octanol–water partition coefficient (Wildman–Crippen LogP) is 1.91.